The Morgan fingerprint density at radius 2 is 2.03 bits per heavy atom. The molecule has 2 amide bonds. The molecule has 2 atom stereocenters. The molecule has 1 aliphatic rings. The van der Waals surface area contributed by atoms with Crippen molar-refractivity contribution in [1.82, 2.24) is 24.2 Å². The van der Waals surface area contributed by atoms with E-state index in [1.807, 2.05) is 37.3 Å². The van der Waals surface area contributed by atoms with Crippen LogP contribution in [-0.4, -0.2) is 61.1 Å². The third kappa shape index (κ3) is 3.23. The van der Waals surface area contributed by atoms with E-state index in [0.29, 0.717) is 34.8 Å². The van der Waals surface area contributed by atoms with Crippen LogP contribution < -0.4 is 10.1 Å². The van der Waals surface area contributed by atoms with Gasteiger partial charge in [0.15, 0.2) is 5.75 Å². The largest absolute Gasteiger partial charge is 0.455 e. The molecule has 2 N–H and O–H groups in total. The molecule has 34 heavy (non-hydrogen) atoms. The molecule has 5 heterocycles. The number of hydrogen-bond donors (Lipinski definition) is 2. The van der Waals surface area contributed by atoms with Gasteiger partial charge < -0.3 is 24.5 Å². The van der Waals surface area contributed by atoms with Crippen molar-refractivity contribution in [2.45, 2.75) is 39.3 Å². The number of likely N-dealkylation sites (tertiary alicyclic amines) is 1. The van der Waals surface area contributed by atoms with E-state index in [-0.39, 0.29) is 17.9 Å². The Kier molecular flexibility index (Phi) is 4.91. The monoisotopic (exact) mass is 461 g/mol. The summed E-state index contributed by atoms with van der Waals surface area (Å²) in [6.07, 6.45) is 5.13. The van der Waals surface area contributed by atoms with Gasteiger partial charge in [-0.1, -0.05) is 0 Å². The van der Waals surface area contributed by atoms with Crippen LogP contribution in [0.1, 0.15) is 45.8 Å². The Morgan fingerprint density at radius 3 is 2.71 bits per heavy atom. The molecule has 0 radical (unpaired) electrons. The molecule has 1 aliphatic heterocycles. The van der Waals surface area contributed by atoms with Crippen molar-refractivity contribution in [3.8, 4) is 11.5 Å². The Bertz CT molecular complexity index is 1470. The van der Waals surface area contributed by atoms with Gasteiger partial charge in [0.25, 0.3) is 11.8 Å². The molecule has 4 aromatic rings. The summed E-state index contributed by atoms with van der Waals surface area (Å²) in [5.41, 5.74) is 3.39. The fourth-order valence-corrected chi connectivity index (χ4v) is 4.65. The average Bonchev–Trinajstić information content (AvgIpc) is 3.32. The number of carbonyl (C=O) groups excluding carboxylic acids is 2. The summed E-state index contributed by atoms with van der Waals surface area (Å²) in [7, 11) is 1.61. The standard InChI is InChI=1S/C25H27N5O4/c1-14-10-17-11-18(7-9-28(17)21(14)23(31)26-5)34-20-6-8-27-30-12-19(15(2)22(20)30)24(32)29-13-25(4,33)16(29)3/h6-12,16,33H,13H2,1-5H3,(H,26,31)/t16-,25-/m0/s1. The molecule has 5 rings (SSSR count). The maximum absolute atomic E-state index is 13.1. The van der Waals surface area contributed by atoms with Crippen LogP contribution in [-0.2, 0) is 0 Å². The minimum absolute atomic E-state index is 0.139. The predicted octanol–water partition coefficient (Wildman–Crippen LogP) is 2.95. The van der Waals surface area contributed by atoms with Crippen LogP contribution in [0.2, 0.25) is 0 Å². The summed E-state index contributed by atoms with van der Waals surface area (Å²) in [5, 5.41) is 17.3. The molecule has 0 bridgehead atoms. The number of β-amino-alcohol motifs (C(OH)–C–C–N with tert-alkyl or cyclic N) is 1. The van der Waals surface area contributed by atoms with E-state index >= 15 is 0 Å². The molecule has 1 saturated heterocycles. The summed E-state index contributed by atoms with van der Waals surface area (Å²) in [4.78, 5) is 27.0. The van der Waals surface area contributed by atoms with E-state index in [4.69, 9.17) is 4.74 Å². The van der Waals surface area contributed by atoms with E-state index in [1.54, 1.807) is 54.1 Å². The summed E-state index contributed by atoms with van der Waals surface area (Å²) < 4.78 is 9.69. The van der Waals surface area contributed by atoms with Gasteiger partial charge >= 0.3 is 0 Å². The Morgan fingerprint density at radius 1 is 1.26 bits per heavy atom. The van der Waals surface area contributed by atoms with Crippen LogP contribution in [0, 0.1) is 13.8 Å². The number of hydrogen-bond acceptors (Lipinski definition) is 5. The number of aliphatic hydroxyl groups is 1. The van der Waals surface area contributed by atoms with E-state index in [1.165, 1.54) is 0 Å². The van der Waals surface area contributed by atoms with Crippen LogP contribution in [0.3, 0.4) is 0 Å². The summed E-state index contributed by atoms with van der Waals surface area (Å²) in [5.74, 6) is 0.873. The lowest BCUT2D eigenvalue weighted by Gasteiger charge is -2.51. The smallest absolute Gasteiger partial charge is 0.268 e. The molecule has 9 nitrogen and oxygen atoms in total. The zero-order chi connectivity index (χ0) is 24.4. The number of nitrogens with zero attached hydrogens (tertiary/aromatic N) is 4. The highest BCUT2D eigenvalue weighted by molar-refractivity contribution is 5.99. The number of rotatable bonds is 4. The SMILES string of the molecule is CNC(=O)c1c(C)cc2cc(Oc3ccnn4cc(C(=O)N5C[C@](C)(O)[C@@H]5C)c(C)c34)ccn12. The highest BCUT2D eigenvalue weighted by Crippen LogP contribution is 2.34. The molecule has 176 valence electrons. The first-order valence-electron chi connectivity index (χ1n) is 11.1. The van der Waals surface area contributed by atoms with E-state index in [9.17, 15) is 14.7 Å². The minimum Gasteiger partial charge on any atom is -0.455 e. The van der Waals surface area contributed by atoms with Gasteiger partial charge in [-0.2, -0.15) is 5.10 Å². The van der Waals surface area contributed by atoms with Crippen molar-refractivity contribution >= 4 is 22.8 Å². The third-order valence-corrected chi connectivity index (χ3v) is 6.84. The van der Waals surface area contributed by atoms with Crippen molar-refractivity contribution in [3.05, 3.63) is 65.2 Å². The highest BCUT2D eigenvalue weighted by Gasteiger charge is 2.47. The second-order valence-corrected chi connectivity index (χ2v) is 9.14. The minimum atomic E-state index is -0.872. The van der Waals surface area contributed by atoms with Gasteiger partial charge in [-0.25, -0.2) is 4.52 Å². The lowest BCUT2D eigenvalue weighted by molar-refractivity contribution is -0.111. The van der Waals surface area contributed by atoms with Crippen LogP contribution in [0.5, 0.6) is 11.5 Å². The number of carbonyl (C=O) groups is 2. The quantitative estimate of drug-likeness (QED) is 0.487. The van der Waals surface area contributed by atoms with Gasteiger partial charge in [-0.05, 0) is 51.0 Å². The lowest BCUT2D eigenvalue weighted by Crippen LogP contribution is -2.68. The first-order chi connectivity index (χ1) is 16.1. The molecule has 0 unspecified atom stereocenters. The second kappa shape index (κ2) is 7.59. The first kappa shape index (κ1) is 22.0. The number of amides is 2. The van der Waals surface area contributed by atoms with Gasteiger partial charge in [-0.3, -0.25) is 9.59 Å². The van der Waals surface area contributed by atoms with E-state index in [0.717, 1.165) is 16.6 Å². The summed E-state index contributed by atoms with van der Waals surface area (Å²) in [6.45, 7) is 7.64. The number of pyridine rings is 1. The predicted molar refractivity (Wildman–Crippen MR) is 127 cm³/mol. The molecular weight excluding hydrogens is 434 g/mol. The molecule has 0 spiro atoms. The third-order valence-electron chi connectivity index (χ3n) is 6.84. The summed E-state index contributed by atoms with van der Waals surface area (Å²) >= 11 is 0. The average molecular weight is 462 g/mol. The molecule has 9 heteroatoms. The molecule has 0 aromatic carbocycles. The van der Waals surface area contributed by atoms with E-state index < -0.39 is 5.60 Å². The van der Waals surface area contributed by atoms with E-state index in [2.05, 4.69) is 10.4 Å². The van der Waals surface area contributed by atoms with Gasteiger partial charge in [0.05, 0.1) is 29.9 Å². The fourth-order valence-electron chi connectivity index (χ4n) is 4.65. The van der Waals surface area contributed by atoms with Crippen molar-refractivity contribution in [1.29, 1.82) is 0 Å². The number of nitrogens with one attached hydrogen (secondary N) is 1. The zero-order valence-electron chi connectivity index (χ0n) is 19.8. The normalized spacial score (nSPS) is 19.9. The summed E-state index contributed by atoms with van der Waals surface area (Å²) in [6, 6.07) is 7.09. The molecule has 1 fully saturated rings. The number of ether oxygens (including phenoxy) is 1. The number of fused-ring (bicyclic) bond motifs is 2. The highest BCUT2D eigenvalue weighted by atomic mass is 16.5. The Labute approximate surface area is 196 Å². The van der Waals surface area contributed by atoms with Crippen LogP contribution >= 0.6 is 0 Å². The van der Waals surface area contributed by atoms with Crippen molar-refractivity contribution < 1.29 is 19.4 Å². The zero-order valence-corrected chi connectivity index (χ0v) is 19.8. The van der Waals surface area contributed by atoms with Crippen molar-refractivity contribution in [2.75, 3.05) is 13.6 Å². The van der Waals surface area contributed by atoms with Crippen molar-refractivity contribution in [2.24, 2.45) is 0 Å². The van der Waals surface area contributed by atoms with Gasteiger partial charge in [0, 0.05) is 37.1 Å². The van der Waals surface area contributed by atoms with Crippen LogP contribution in [0.15, 0.2) is 42.9 Å². The molecule has 0 saturated carbocycles. The Hall–Kier alpha value is -3.85. The van der Waals surface area contributed by atoms with Gasteiger partial charge in [0.2, 0.25) is 0 Å². The topological polar surface area (TPSA) is 101 Å². The fraction of sp³-hybridized carbons (Fsp3) is 0.320. The number of aromatic nitrogens is 3. The second-order valence-electron chi connectivity index (χ2n) is 9.14. The molecular formula is C25H27N5O4. The number of aryl methyl sites for hydroxylation is 2. The first-order valence-corrected chi connectivity index (χ1v) is 11.1. The van der Waals surface area contributed by atoms with Gasteiger partial charge in [0.1, 0.15) is 17.0 Å². The van der Waals surface area contributed by atoms with Crippen LogP contribution in [0.25, 0.3) is 11.0 Å². The maximum Gasteiger partial charge on any atom is 0.268 e. The van der Waals surface area contributed by atoms with Crippen LogP contribution in [0.4, 0.5) is 0 Å². The Balaban J connectivity index is 1.50. The maximum atomic E-state index is 13.1. The van der Waals surface area contributed by atoms with Crippen molar-refractivity contribution in [3.63, 3.8) is 0 Å². The molecule has 4 aromatic heterocycles. The lowest BCUT2D eigenvalue weighted by atomic mass is 9.86. The van der Waals surface area contributed by atoms with Gasteiger partial charge in [-0.15, -0.1) is 0 Å². The molecule has 0 aliphatic carbocycles.